The molecule has 1 aliphatic heterocycles. The fraction of sp³-hybridized carbons (Fsp3) is 0.250. The molecule has 8 heteroatoms. The maximum absolute atomic E-state index is 13.4. The predicted octanol–water partition coefficient (Wildman–Crippen LogP) is 2.54. The Kier molecular flexibility index (Phi) is 5.94. The van der Waals surface area contributed by atoms with E-state index in [2.05, 4.69) is 10.6 Å². The molecule has 0 saturated carbocycles. The van der Waals surface area contributed by atoms with E-state index in [-0.39, 0.29) is 35.7 Å². The van der Waals surface area contributed by atoms with Crippen molar-refractivity contribution < 1.29 is 18.8 Å². The second kappa shape index (κ2) is 8.39. The molecule has 2 N–H and O–H groups in total. The van der Waals surface area contributed by atoms with Crippen LogP contribution < -0.4 is 10.6 Å². The summed E-state index contributed by atoms with van der Waals surface area (Å²) in [6.07, 6.45) is -0.0542. The lowest BCUT2D eigenvalue weighted by atomic mass is 10.1. The van der Waals surface area contributed by atoms with E-state index < -0.39 is 5.82 Å². The molecule has 1 saturated heterocycles. The number of amides is 3. The van der Waals surface area contributed by atoms with Crippen LogP contribution in [0.1, 0.15) is 21.5 Å². The van der Waals surface area contributed by atoms with Gasteiger partial charge in [0.2, 0.25) is 11.8 Å². The maximum Gasteiger partial charge on any atom is 0.254 e. The second-order valence-electron chi connectivity index (χ2n) is 6.61. The Morgan fingerprint density at radius 1 is 1.25 bits per heavy atom. The van der Waals surface area contributed by atoms with Gasteiger partial charge in [-0.2, -0.15) is 0 Å². The van der Waals surface area contributed by atoms with Gasteiger partial charge in [-0.15, -0.1) is 0 Å². The third kappa shape index (κ3) is 4.86. The molecule has 1 fully saturated rings. The number of hydrogen-bond donors (Lipinski definition) is 2. The summed E-state index contributed by atoms with van der Waals surface area (Å²) in [5.41, 5.74) is 2.09. The molecule has 1 heterocycles. The molecular weight excluding hydrogens is 385 g/mol. The number of nitrogens with zero attached hydrogens (tertiary/aromatic N) is 1. The third-order valence-corrected chi connectivity index (χ3v) is 4.59. The van der Waals surface area contributed by atoms with E-state index in [0.717, 1.165) is 5.56 Å². The van der Waals surface area contributed by atoms with Crippen LogP contribution in [-0.4, -0.2) is 42.3 Å². The number of nitrogens with one attached hydrogen (secondary N) is 2. The van der Waals surface area contributed by atoms with Crippen LogP contribution in [0.3, 0.4) is 0 Å². The number of halogens is 2. The maximum atomic E-state index is 13.4. The SMILES string of the molecule is Cc1ccc(C(=O)N2CCNC(=O)C2)cc1NC(=O)Cc1cc(F)cc(Cl)c1. The number of hydrogen-bond acceptors (Lipinski definition) is 3. The van der Waals surface area contributed by atoms with Crippen LogP contribution in [0, 0.1) is 12.7 Å². The highest BCUT2D eigenvalue weighted by molar-refractivity contribution is 6.30. The summed E-state index contributed by atoms with van der Waals surface area (Å²) in [6, 6.07) is 8.92. The number of benzene rings is 2. The van der Waals surface area contributed by atoms with Crippen LogP contribution in [0.4, 0.5) is 10.1 Å². The highest BCUT2D eigenvalue weighted by atomic mass is 35.5. The van der Waals surface area contributed by atoms with Crippen LogP contribution in [0.15, 0.2) is 36.4 Å². The standard InChI is InChI=1S/C20H19ClFN3O3/c1-12-2-3-14(20(28)25-5-4-23-19(27)11-25)9-17(12)24-18(26)8-13-6-15(21)10-16(22)7-13/h2-3,6-7,9-10H,4-5,8,11H2,1H3,(H,23,27)(H,24,26). The summed E-state index contributed by atoms with van der Waals surface area (Å²) in [5, 5.41) is 5.64. The molecule has 2 aromatic rings. The first-order valence-electron chi connectivity index (χ1n) is 8.73. The van der Waals surface area contributed by atoms with Gasteiger partial charge < -0.3 is 15.5 Å². The van der Waals surface area contributed by atoms with E-state index in [9.17, 15) is 18.8 Å². The van der Waals surface area contributed by atoms with E-state index in [4.69, 9.17) is 11.6 Å². The minimum Gasteiger partial charge on any atom is -0.353 e. The molecule has 3 rings (SSSR count). The predicted molar refractivity (Wildman–Crippen MR) is 104 cm³/mol. The summed E-state index contributed by atoms with van der Waals surface area (Å²) in [7, 11) is 0. The van der Waals surface area contributed by atoms with Crippen LogP contribution in [0.2, 0.25) is 5.02 Å². The fourth-order valence-electron chi connectivity index (χ4n) is 2.98. The number of anilines is 1. The highest BCUT2D eigenvalue weighted by Crippen LogP contribution is 2.20. The summed E-state index contributed by atoms with van der Waals surface area (Å²) in [5.74, 6) is -1.34. The normalized spacial score (nSPS) is 13.8. The summed E-state index contributed by atoms with van der Waals surface area (Å²) < 4.78 is 13.4. The lowest BCUT2D eigenvalue weighted by molar-refractivity contribution is -0.123. The van der Waals surface area contributed by atoms with Gasteiger partial charge >= 0.3 is 0 Å². The quantitative estimate of drug-likeness (QED) is 0.823. The van der Waals surface area contributed by atoms with Crippen molar-refractivity contribution in [1.82, 2.24) is 10.2 Å². The largest absolute Gasteiger partial charge is 0.353 e. The summed E-state index contributed by atoms with van der Waals surface area (Å²) in [6.45, 7) is 2.66. The summed E-state index contributed by atoms with van der Waals surface area (Å²) in [4.78, 5) is 38.0. The molecule has 0 spiro atoms. The van der Waals surface area contributed by atoms with E-state index in [1.54, 1.807) is 25.1 Å². The molecule has 0 aromatic heterocycles. The van der Waals surface area contributed by atoms with Gasteiger partial charge in [0.25, 0.3) is 5.91 Å². The Bertz CT molecular complexity index is 928. The molecule has 0 unspecified atom stereocenters. The lowest BCUT2D eigenvalue weighted by Crippen LogP contribution is -2.49. The fourth-order valence-corrected chi connectivity index (χ4v) is 3.22. The second-order valence-corrected chi connectivity index (χ2v) is 7.05. The number of carbonyl (C=O) groups excluding carboxylic acids is 3. The minimum absolute atomic E-state index is 0.00866. The highest BCUT2D eigenvalue weighted by Gasteiger charge is 2.22. The van der Waals surface area contributed by atoms with E-state index in [1.165, 1.54) is 23.1 Å². The van der Waals surface area contributed by atoms with Crippen molar-refractivity contribution in [2.24, 2.45) is 0 Å². The summed E-state index contributed by atoms with van der Waals surface area (Å²) >= 11 is 5.82. The Labute approximate surface area is 166 Å². The first-order valence-corrected chi connectivity index (χ1v) is 9.11. The van der Waals surface area contributed by atoms with E-state index in [1.807, 2.05) is 0 Å². The monoisotopic (exact) mass is 403 g/mol. The molecule has 0 bridgehead atoms. The van der Waals surface area contributed by atoms with Crippen molar-refractivity contribution in [2.75, 3.05) is 25.0 Å². The molecule has 0 radical (unpaired) electrons. The molecule has 146 valence electrons. The molecular formula is C20H19ClFN3O3. The molecule has 28 heavy (non-hydrogen) atoms. The molecule has 1 aliphatic rings. The average molecular weight is 404 g/mol. The van der Waals surface area contributed by atoms with Crippen molar-refractivity contribution in [3.8, 4) is 0 Å². The zero-order valence-corrected chi connectivity index (χ0v) is 16.0. The Balaban J connectivity index is 1.73. The number of piperazine rings is 1. The van der Waals surface area contributed by atoms with Crippen LogP contribution in [0.25, 0.3) is 0 Å². The van der Waals surface area contributed by atoms with Crippen LogP contribution in [-0.2, 0) is 16.0 Å². The van der Waals surface area contributed by atoms with E-state index in [0.29, 0.717) is 29.9 Å². The Morgan fingerprint density at radius 3 is 2.75 bits per heavy atom. The molecule has 3 amide bonds. The van der Waals surface area contributed by atoms with Gasteiger partial charge in [-0.1, -0.05) is 17.7 Å². The van der Waals surface area contributed by atoms with Gasteiger partial charge in [0.15, 0.2) is 0 Å². The minimum atomic E-state index is -0.510. The molecule has 0 aliphatic carbocycles. The number of aryl methyl sites for hydroxylation is 1. The number of rotatable bonds is 4. The van der Waals surface area contributed by atoms with Gasteiger partial charge in [-0.3, -0.25) is 14.4 Å². The van der Waals surface area contributed by atoms with E-state index >= 15 is 0 Å². The third-order valence-electron chi connectivity index (χ3n) is 4.37. The average Bonchev–Trinajstić information content (AvgIpc) is 2.62. The number of carbonyl (C=O) groups is 3. The zero-order valence-electron chi connectivity index (χ0n) is 15.2. The van der Waals surface area contributed by atoms with Crippen molar-refractivity contribution in [3.63, 3.8) is 0 Å². The lowest BCUT2D eigenvalue weighted by Gasteiger charge is -2.27. The Hall–Kier alpha value is -2.93. The van der Waals surface area contributed by atoms with Gasteiger partial charge in [-0.05, 0) is 48.4 Å². The van der Waals surface area contributed by atoms with Gasteiger partial charge in [-0.25, -0.2) is 4.39 Å². The molecule has 6 nitrogen and oxygen atoms in total. The van der Waals surface area contributed by atoms with Gasteiger partial charge in [0.05, 0.1) is 13.0 Å². The van der Waals surface area contributed by atoms with Crippen molar-refractivity contribution in [1.29, 1.82) is 0 Å². The van der Waals surface area contributed by atoms with Crippen LogP contribution >= 0.6 is 11.6 Å². The molecule has 2 aromatic carbocycles. The first kappa shape index (κ1) is 19.8. The van der Waals surface area contributed by atoms with Crippen LogP contribution in [0.5, 0.6) is 0 Å². The first-order chi connectivity index (χ1) is 13.3. The van der Waals surface area contributed by atoms with Gasteiger partial charge in [0.1, 0.15) is 5.82 Å². The zero-order chi connectivity index (χ0) is 20.3. The Morgan fingerprint density at radius 2 is 2.04 bits per heavy atom. The van der Waals surface area contributed by atoms with Crippen molar-refractivity contribution in [2.45, 2.75) is 13.3 Å². The van der Waals surface area contributed by atoms with Crippen molar-refractivity contribution in [3.05, 3.63) is 63.9 Å². The van der Waals surface area contributed by atoms with Crippen molar-refractivity contribution >= 4 is 35.0 Å². The molecule has 0 atom stereocenters. The smallest absolute Gasteiger partial charge is 0.254 e. The van der Waals surface area contributed by atoms with Gasteiger partial charge in [0, 0.05) is 29.4 Å². The topological polar surface area (TPSA) is 78.5 Å².